The third kappa shape index (κ3) is 9.21. The van der Waals surface area contributed by atoms with Gasteiger partial charge < -0.3 is 0 Å². The molecule has 11 heavy (non-hydrogen) atoms. The van der Waals surface area contributed by atoms with Crippen molar-refractivity contribution in [3.05, 3.63) is 24.5 Å². The molecule has 0 spiro atoms. The van der Waals surface area contributed by atoms with Gasteiger partial charge in [-0.3, -0.25) is 4.98 Å². The van der Waals surface area contributed by atoms with E-state index in [-0.39, 0.29) is 0 Å². The maximum atomic E-state index is 5.30. The standard InChI is InChI=1S/C5H4BN.2C2H6/c6-5-2-1-3-7-4-5;2*1-2/h1-4H;2*1-2H3. The van der Waals surface area contributed by atoms with Crippen molar-refractivity contribution < 1.29 is 0 Å². The van der Waals surface area contributed by atoms with Crippen LogP contribution in [0.5, 0.6) is 0 Å². The highest BCUT2D eigenvalue weighted by molar-refractivity contribution is 6.31. The van der Waals surface area contributed by atoms with E-state index in [1.54, 1.807) is 24.5 Å². The molecule has 0 aromatic carbocycles. The topological polar surface area (TPSA) is 12.9 Å². The molecule has 0 aliphatic carbocycles. The third-order valence-electron chi connectivity index (χ3n) is 0.684. The number of rotatable bonds is 0. The fourth-order valence-corrected chi connectivity index (χ4v) is 0.376. The van der Waals surface area contributed by atoms with Crippen LogP contribution in [0.1, 0.15) is 27.7 Å². The van der Waals surface area contributed by atoms with Crippen LogP contribution in [-0.2, 0) is 0 Å². The van der Waals surface area contributed by atoms with Crippen LogP contribution in [0.15, 0.2) is 24.5 Å². The maximum absolute atomic E-state index is 5.30. The van der Waals surface area contributed by atoms with E-state index >= 15 is 0 Å². The van der Waals surface area contributed by atoms with Crippen molar-refractivity contribution in [3.8, 4) is 0 Å². The molecule has 0 saturated carbocycles. The van der Waals surface area contributed by atoms with Gasteiger partial charge in [0.15, 0.2) is 0 Å². The van der Waals surface area contributed by atoms with Gasteiger partial charge in [0.05, 0.1) is 0 Å². The van der Waals surface area contributed by atoms with E-state index in [1.807, 2.05) is 27.7 Å². The molecule has 1 aromatic heterocycles. The molecular weight excluding hydrogens is 133 g/mol. The summed E-state index contributed by atoms with van der Waals surface area (Å²) in [6.07, 6.45) is 3.30. The van der Waals surface area contributed by atoms with Crippen LogP contribution in [0, 0.1) is 0 Å². The van der Waals surface area contributed by atoms with Crippen molar-refractivity contribution >= 4 is 13.3 Å². The van der Waals surface area contributed by atoms with Crippen molar-refractivity contribution in [3.63, 3.8) is 0 Å². The molecule has 1 nitrogen and oxygen atoms in total. The van der Waals surface area contributed by atoms with Gasteiger partial charge in [-0.1, -0.05) is 39.2 Å². The van der Waals surface area contributed by atoms with E-state index in [0.717, 1.165) is 0 Å². The van der Waals surface area contributed by atoms with Crippen LogP contribution < -0.4 is 5.46 Å². The van der Waals surface area contributed by atoms with Crippen molar-refractivity contribution in [2.75, 3.05) is 0 Å². The van der Waals surface area contributed by atoms with E-state index in [9.17, 15) is 0 Å². The minimum atomic E-state index is 0.711. The molecular formula is C9H16BN. The van der Waals surface area contributed by atoms with Crippen LogP contribution in [-0.4, -0.2) is 12.8 Å². The summed E-state index contributed by atoms with van der Waals surface area (Å²) in [6.45, 7) is 8.00. The number of hydrogen-bond donors (Lipinski definition) is 0. The molecule has 0 unspecified atom stereocenters. The average molecular weight is 149 g/mol. The highest BCUT2D eigenvalue weighted by atomic mass is 14.6. The molecule has 1 heterocycles. The monoisotopic (exact) mass is 149 g/mol. The molecule has 0 saturated heterocycles. The van der Waals surface area contributed by atoms with Crippen molar-refractivity contribution in [1.29, 1.82) is 0 Å². The Hall–Kier alpha value is -0.785. The largest absolute Gasteiger partial charge is 0.265 e. The van der Waals surface area contributed by atoms with Crippen molar-refractivity contribution in [2.45, 2.75) is 27.7 Å². The van der Waals surface area contributed by atoms with Gasteiger partial charge in [-0.15, -0.1) is 0 Å². The van der Waals surface area contributed by atoms with E-state index in [0.29, 0.717) is 5.46 Å². The minimum Gasteiger partial charge on any atom is -0.265 e. The zero-order valence-corrected chi connectivity index (χ0v) is 7.83. The number of pyridine rings is 1. The Kier molecular flexibility index (Phi) is 14.0. The zero-order chi connectivity index (χ0) is 9.11. The molecule has 2 radical (unpaired) electrons. The molecule has 1 rings (SSSR count). The average Bonchev–Trinajstić information content (AvgIpc) is 2.13. The predicted molar refractivity (Wildman–Crippen MR) is 52.3 cm³/mol. The van der Waals surface area contributed by atoms with Crippen molar-refractivity contribution in [1.82, 2.24) is 4.98 Å². The second-order valence-electron chi connectivity index (χ2n) is 1.29. The molecule has 0 N–H and O–H groups in total. The Balaban J connectivity index is 0. The highest BCUT2D eigenvalue weighted by Gasteiger charge is 1.73. The summed E-state index contributed by atoms with van der Waals surface area (Å²) >= 11 is 0. The summed E-state index contributed by atoms with van der Waals surface area (Å²) in [7, 11) is 5.30. The van der Waals surface area contributed by atoms with Gasteiger partial charge in [-0.25, -0.2) is 0 Å². The smallest absolute Gasteiger partial charge is 0.115 e. The summed E-state index contributed by atoms with van der Waals surface area (Å²) in [4.78, 5) is 3.76. The van der Waals surface area contributed by atoms with Crippen LogP contribution in [0.2, 0.25) is 0 Å². The summed E-state index contributed by atoms with van der Waals surface area (Å²) in [5, 5.41) is 0. The second-order valence-corrected chi connectivity index (χ2v) is 1.29. The Morgan fingerprint density at radius 1 is 1.18 bits per heavy atom. The molecule has 0 atom stereocenters. The lowest BCUT2D eigenvalue weighted by molar-refractivity contribution is 1.35. The van der Waals surface area contributed by atoms with E-state index < -0.39 is 0 Å². The van der Waals surface area contributed by atoms with Crippen LogP contribution >= 0.6 is 0 Å². The molecule has 2 heteroatoms. The molecule has 0 fully saturated rings. The van der Waals surface area contributed by atoms with E-state index in [2.05, 4.69) is 4.98 Å². The summed E-state index contributed by atoms with van der Waals surface area (Å²) in [5.41, 5.74) is 0.711. The number of hydrogen-bond acceptors (Lipinski definition) is 1. The molecule has 0 amide bonds. The van der Waals surface area contributed by atoms with Crippen LogP contribution in [0.25, 0.3) is 0 Å². The van der Waals surface area contributed by atoms with Crippen LogP contribution in [0.3, 0.4) is 0 Å². The molecule has 0 aliphatic heterocycles. The molecule has 0 aliphatic rings. The van der Waals surface area contributed by atoms with Gasteiger partial charge in [0, 0.05) is 12.4 Å². The van der Waals surface area contributed by atoms with E-state index in [4.69, 9.17) is 7.85 Å². The Bertz CT molecular complexity index is 139. The highest BCUT2D eigenvalue weighted by Crippen LogP contribution is 1.70. The van der Waals surface area contributed by atoms with Gasteiger partial charge in [-0.05, 0) is 6.07 Å². The van der Waals surface area contributed by atoms with Crippen molar-refractivity contribution in [2.24, 2.45) is 0 Å². The lowest BCUT2D eigenvalue weighted by Crippen LogP contribution is -1.99. The lowest BCUT2D eigenvalue weighted by Gasteiger charge is -1.82. The zero-order valence-electron chi connectivity index (χ0n) is 7.83. The van der Waals surface area contributed by atoms with Gasteiger partial charge in [-0.2, -0.15) is 0 Å². The SMILES string of the molecule is CC.CC.[B]c1cccnc1. The first-order chi connectivity index (χ1) is 5.39. The third-order valence-corrected chi connectivity index (χ3v) is 0.684. The van der Waals surface area contributed by atoms with Crippen LogP contribution in [0.4, 0.5) is 0 Å². The van der Waals surface area contributed by atoms with Gasteiger partial charge in [0.2, 0.25) is 0 Å². The first-order valence-corrected chi connectivity index (χ1v) is 4.05. The summed E-state index contributed by atoms with van der Waals surface area (Å²) in [6, 6.07) is 3.60. The summed E-state index contributed by atoms with van der Waals surface area (Å²) in [5.74, 6) is 0. The number of aromatic nitrogens is 1. The normalized spacial score (nSPS) is 6.55. The quantitative estimate of drug-likeness (QED) is 0.513. The Morgan fingerprint density at radius 2 is 1.73 bits per heavy atom. The molecule has 0 bridgehead atoms. The van der Waals surface area contributed by atoms with Gasteiger partial charge in [0.1, 0.15) is 7.85 Å². The minimum absolute atomic E-state index is 0.711. The lowest BCUT2D eigenvalue weighted by atomic mass is 10.00. The first-order valence-electron chi connectivity index (χ1n) is 4.05. The fraction of sp³-hybridized carbons (Fsp3) is 0.444. The molecule has 60 valence electrons. The van der Waals surface area contributed by atoms with Gasteiger partial charge in [0.25, 0.3) is 0 Å². The summed E-state index contributed by atoms with van der Waals surface area (Å²) < 4.78 is 0. The first kappa shape index (κ1) is 12.9. The Labute approximate surface area is 71.3 Å². The number of nitrogens with zero attached hydrogens (tertiary/aromatic N) is 1. The fourth-order valence-electron chi connectivity index (χ4n) is 0.376. The van der Waals surface area contributed by atoms with E-state index in [1.165, 1.54) is 0 Å². The second kappa shape index (κ2) is 11.9. The maximum Gasteiger partial charge on any atom is 0.115 e. The molecule has 1 aromatic rings. The Morgan fingerprint density at radius 3 is 1.91 bits per heavy atom. The predicted octanol–water partition coefficient (Wildman–Crippen LogP) is 1.93. The van der Waals surface area contributed by atoms with Gasteiger partial charge >= 0.3 is 0 Å².